The number of piperidine rings is 1. The van der Waals surface area contributed by atoms with Gasteiger partial charge in [0.15, 0.2) is 0 Å². The Hall–Kier alpha value is -2.50. The van der Waals surface area contributed by atoms with Crippen LogP contribution in [0.5, 0.6) is 0 Å². The maximum absolute atomic E-state index is 11.8. The molecule has 0 atom stereocenters. The van der Waals surface area contributed by atoms with Crippen molar-refractivity contribution < 1.29 is 18.0 Å². The van der Waals surface area contributed by atoms with Crippen molar-refractivity contribution in [2.75, 3.05) is 18.4 Å². The van der Waals surface area contributed by atoms with Crippen LogP contribution in [0.2, 0.25) is 0 Å². The van der Waals surface area contributed by atoms with Gasteiger partial charge in [-0.15, -0.1) is 0 Å². The number of carbonyl (C=O) groups is 1. The smallest absolute Gasteiger partial charge is 0.359 e. The summed E-state index contributed by atoms with van der Waals surface area (Å²) in [7, 11) is 0. The fourth-order valence-electron chi connectivity index (χ4n) is 2.76. The summed E-state index contributed by atoms with van der Waals surface area (Å²) in [6.45, 7) is 15.6. The second-order valence-corrected chi connectivity index (χ2v) is 6.66. The molecule has 1 saturated heterocycles. The average Bonchev–Trinajstić information content (AvgIpc) is 2.70. The van der Waals surface area contributed by atoms with Crippen LogP contribution in [0.15, 0.2) is 54.4 Å². The van der Waals surface area contributed by atoms with Crippen LogP contribution in [0.1, 0.15) is 44.2 Å². The number of halogens is 3. The Bertz CT molecular complexity index is 688. The van der Waals surface area contributed by atoms with Crippen LogP contribution in [-0.4, -0.2) is 31.0 Å². The lowest BCUT2D eigenvalue weighted by atomic mass is 10.1. The lowest BCUT2D eigenvalue weighted by Gasteiger charge is -2.30. The van der Waals surface area contributed by atoms with Crippen molar-refractivity contribution in [2.45, 2.75) is 53.1 Å². The first-order valence-electron chi connectivity index (χ1n) is 9.62. The Morgan fingerprint density at radius 3 is 2.07 bits per heavy atom. The van der Waals surface area contributed by atoms with E-state index in [0.717, 1.165) is 36.7 Å². The molecule has 29 heavy (non-hydrogen) atoms. The van der Waals surface area contributed by atoms with Crippen LogP contribution in [0.4, 0.5) is 18.9 Å². The lowest BCUT2D eigenvalue weighted by Crippen LogP contribution is -2.31. The molecule has 1 aromatic rings. The quantitative estimate of drug-likeness (QED) is 0.571. The molecule has 0 unspecified atom stereocenters. The van der Waals surface area contributed by atoms with E-state index in [2.05, 4.69) is 48.8 Å². The third-order valence-corrected chi connectivity index (χ3v) is 4.52. The van der Waals surface area contributed by atoms with E-state index in [0.29, 0.717) is 0 Å². The fraction of sp³-hybridized carbons (Fsp3) is 0.435. The second kappa shape index (κ2) is 13.6. The number of rotatable bonds is 4. The Balaban J connectivity index is 0.000000563. The summed E-state index contributed by atoms with van der Waals surface area (Å²) in [6.07, 6.45) is 3.17. The molecule has 1 N–H and O–H groups in total. The number of benzene rings is 1. The summed E-state index contributed by atoms with van der Waals surface area (Å²) in [5, 5.41) is 3.41. The number of carbonyl (C=O) groups excluding carboxylic acids is 1. The molecular formula is C23H33F3N2O. The van der Waals surface area contributed by atoms with E-state index in [4.69, 9.17) is 4.79 Å². The molecule has 1 fully saturated rings. The molecule has 0 bridgehead atoms. The van der Waals surface area contributed by atoms with Gasteiger partial charge in [0.25, 0.3) is 0 Å². The molecule has 0 aromatic heterocycles. The maximum atomic E-state index is 11.8. The van der Waals surface area contributed by atoms with Gasteiger partial charge in [0.05, 0.1) is 11.4 Å². The first kappa shape index (κ1) is 26.5. The number of alkyl halides is 3. The van der Waals surface area contributed by atoms with Crippen LogP contribution >= 0.6 is 0 Å². The summed E-state index contributed by atoms with van der Waals surface area (Å²) < 4.78 is 35.4. The molecule has 2 rings (SSSR count). The third kappa shape index (κ3) is 10.0. The molecule has 0 saturated carbocycles. The van der Waals surface area contributed by atoms with Crippen molar-refractivity contribution in [3.63, 3.8) is 0 Å². The zero-order chi connectivity index (χ0) is 22.4. The molecule has 6 heteroatoms. The van der Waals surface area contributed by atoms with Gasteiger partial charge >= 0.3 is 6.18 Å². The van der Waals surface area contributed by atoms with E-state index < -0.39 is 11.7 Å². The molecule has 1 aliphatic heterocycles. The highest BCUT2D eigenvalue weighted by Crippen LogP contribution is 2.26. The van der Waals surface area contributed by atoms with Crippen molar-refractivity contribution in [1.82, 2.24) is 4.90 Å². The summed E-state index contributed by atoms with van der Waals surface area (Å²) in [5.41, 5.74) is 3.19. The first-order valence-corrected chi connectivity index (χ1v) is 9.62. The standard InChI is InChI=1S/C15H22N2.C7H9F3.CH2O/c1-12-7-8-15(11-13(12)2)16-14(3)17-9-5-4-6-10-17;1-3-5-6(4-2)7(8,9)10;1-2/h7-8,11,16H,3-6,9-10H2,1-2H3;3-5H,1-2H3;1H2/b;5-3+,6-4+;. The molecule has 0 aliphatic carbocycles. The number of hydrogen-bond donors (Lipinski definition) is 1. The van der Waals surface area contributed by atoms with Gasteiger partial charge in [0.1, 0.15) is 6.79 Å². The van der Waals surface area contributed by atoms with Gasteiger partial charge in [-0.3, -0.25) is 0 Å². The van der Waals surface area contributed by atoms with Crippen molar-refractivity contribution in [3.8, 4) is 0 Å². The van der Waals surface area contributed by atoms with E-state index in [1.807, 2.05) is 6.79 Å². The highest BCUT2D eigenvalue weighted by Gasteiger charge is 2.30. The topological polar surface area (TPSA) is 32.3 Å². The van der Waals surface area contributed by atoms with Gasteiger partial charge in [0.2, 0.25) is 0 Å². The Morgan fingerprint density at radius 2 is 1.66 bits per heavy atom. The highest BCUT2D eigenvalue weighted by atomic mass is 19.4. The number of nitrogens with zero attached hydrogens (tertiary/aromatic N) is 1. The van der Waals surface area contributed by atoms with Crippen LogP contribution in [0, 0.1) is 13.8 Å². The summed E-state index contributed by atoms with van der Waals surface area (Å²) >= 11 is 0. The van der Waals surface area contributed by atoms with E-state index in [1.54, 1.807) is 6.92 Å². The second-order valence-electron chi connectivity index (χ2n) is 6.66. The first-order chi connectivity index (χ1) is 13.7. The number of nitrogens with one attached hydrogen (secondary N) is 1. The monoisotopic (exact) mass is 410 g/mol. The zero-order valence-electron chi connectivity index (χ0n) is 17.9. The predicted octanol–water partition coefficient (Wildman–Crippen LogP) is 6.56. The number of aryl methyl sites for hydroxylation is 2. The van der Waals surface area contributed by atoms with E-state index in [1.165, 1.54) is 43.4 Å². The third-order valence-electron chi connectivity index (χ3n) is 4.52. The zero-order valence-corrected chi connectivity index (χ0v) is 17.9. The summed E-state index contributed by atoms with van der Waals surface area (Å²) in [4.78, 5) is 10.3. The molecule has 0 spiro atoms. The molecule has 0 amide bonds. The van der Waals surface area contributed by atoms with Gasteiger partial charge in [-0.2, -0.15) is 13.2 Å². The molecule has 1 aromatic carbocycles. The Morgan fingerprint density at radius 1 is 1.07 bits per heavy atom. The maximum Gasteiger partial charge on any atom is 0.416 e. The molecular weight excluding hydrogens is 377 g/mol. The summed E-state index contributed by atoms with van der Waals surface area (Å²) in [6, 6.07) is 6.46. The minimum atomic E-state index is -4.21. The number of hydrogen-bond acceptors (Lipinski definition) is 3. The lowest BCUT2D eigenvalue weighted by molar-refractivity contribution is -0.0980. The minimum absolute atomic E-state index is 0.602. The van der Waals surface area contributed by atoms with Crippen molar-refractivity contribution in [2.24, 2.45) is 0 Å². The SMILES string of the molecule is C/C=C/C(=C\C)C(F)(F)F.C=C(Nc1ccc(C)c(C)c1)N1CCCCC1.C=O. The molecule has 162 valence electrons. The van der Waals surface area contributed by atoms with Gasteiger partial charge in [-0.05, 0) is 70.2 Å². The Labute approximate surface area is 173 Å². The van der Waals surface area contributed by atoms with Gasteiger partial charge in [0, 0.05) is 18.8 Å². The van der Waals surface area contributed by atoms with Crippen LogP contribution in [-0.2, 0) is 4.79 Å². The Kier molecular flexibility index (Phi) is 12.5. The number of likely N-dealkylation sites (tertiary alicyclic amines) is 1. The molecule has 1 aliphatic rings. The normalized spacial score (nSPS) is 14.4. The molecule has 3 nitrogen and oxygen atoms in total. The highest BCUT2D eigenvalue weighted by molar-refractivity contribution is 5.51. The van der Waals surface area contributed by atoms with E-state index in [-0.39, 0.29) is 0 Å². The van der Waals surface area contributed by atoms with Gasteiger partial charge in [-0.1, -0.05) is 30.9 Å². The van der Waals surface area contributed by atoms with Gasteiger partial charge < -0.3 is 15.0 Å². The predicted molar refractivity (Wildman–Crippen MR) is 116 cm³/mol. The number of allylic oxidation sites excluding steroid dienone is 4. The fourth-order valence-corrected chi connectivity index (χ4v) is 2.76. The molecule has 0 radical (unpaired) electrons. The van der Waals surface area contributed by atoms with Crippen molar-refractivity contribution >= 4 is 12.5 Å². The van der Waals surface area contributed by atoms with Crippen LogP contribution in [0.3, 0.4) is 0 Å². The van der Waals surface area contributed by atoms with E-state index >= 15 is 0 Å². The average molecular weight is 411 g/mol. The van der Waals surface area contributed by atoms with Crippen LogP contribution < -0.4 is 5.32 Å². The van der Waals surface area contributed by atoms with E-state index in [9.17, 15) is 13.2 Å². The van der Waals surface area contributed by atoms with Crippen LogP contribution in [0.25, 0.3) is 0 Å². The summed E-state index contributed by atoms with van der Waals surface area (Å²) in [5.74, 6) is 1.04. The van der Waals surface area contributed by atoms with Crippen molar-refractivity contribution in [3.05, 3.63) is 65.5 Å². The van der Waals surface area contributed by atoms with Crippen molar-refractivity contribution in [1.29, 1.82) is 0 Å². The number of anilines is 1. The largest absolute Gasteiger partial charge is 0.416 e. The molecule has 1 heterocycles. The minimum Gasteiger partial charge on any atom is -0.359 e. The van der Waals surface area contributed by atoms with Gasteiger partial charge in [-0.25, -0.2) is 0 Å².